The lowest BCUT2D eigenvalue weighted by atomic mass is 9.73. The van der Waals surface area contributed by atoms with Crippen molar-refractivity contribution in [2.45, 2.75) is 25.9 Å². The number of hydrogen-bond acceptors (Lipinski definition) is 3. The molecular weight excluding hydrogens is 216 g/mol. The average Bonchev–Trinajstić information content (AvgIpc) is 2.90. The van der Waals surface area contributed by atoms with E-state index >= 15 is 0 Å². The first-order valence-electron chi connectivity index (χ1n) is 5.77. The molecule has 3 nitrogen and oxygen atoms in total. The summed E-state index contributed by atoms with van der Waals surface area (Å²) < 4.78 is 11.2. The molecule has 1 aliphatic carbocycles. The molecule has 1 fully saturated rings. The Hall–Kier alpha value is -1.77. The highest BCUT2D eigenvalue weighted by Crippen LogP contribution is 2.54. The van der Waals surface area contributed by atoms with Crippen LogP contribution in [0.25, 0.3) is 0 Å². The van der Waals surface area contributed by atoms with Gasteiger partial charge in [0, 0.05) is 6.42 Å². The minimum absolute atomic E-state index is 0.189. The van der Waals surface area contributed by atoms with Crippen LogP contribution in [0.1, 0.15) is 31.6 Å². The maximum atomic E-state index is 12.1. The number of ketones is 1. The van der Waals surface area contributed by atoms with Gasteiger partial charge in [0.25, 0.3) is 0 Å². The van der Waals surface area contributed by atoms with Gasteiger partial charge < -0.3 is 9.15 Å². The highest BCUT2D eigenvalue weighted by Gasteiger charge is 2.52. The van der Waals surface area contributed by atoms with Crippen molar-refractivity contribution in [2.75, 3.05) is 0 Å². The van der Waals surface area contributed by atoms with E-state index in [-0.39, 0.29) is 11.9 Å². The SMILES string of the molecule is C=C1[C@@H](c2ccco2)OC2=CCCC(=O)[C@@]12C. The number of furan rings is 1. The standard InChI is InChI=1S/C14H14O3/c1-9-13(10-5-4-8-16-10)17-12-7-3-6-11(15)14(9,12)2/h4-5,7-8,13H,1,3,6H2,2H3/t13-,14+/m0/s1. The van der Waals surface area contributed by atoms with Crippen LogP contribution in [0.15, 0.2) is 46.8 Å². The lowest BCUT2D eigenvalue weighted by Crippen LogP contribution is -2.30. The molecule has 0 spiro atoms. The van der Waals surface area contributed by atoms with Crippen LogP contribution >= 0.6 is 0 Å². The summed E-state index contributed by atoms with van der Waals surface area (Å²) >= 11 is 0. The molecule has 0 saturated carbocycles. The molecule has 2 aliphatic rings. The highest BCUT2D eigenvalue weighted by atomic mass is 16.5. The molecule has 3 heteroatoms. The summed E-state index contributed by atoms with van der Waals surface area (Å²) in [6, 6.07) is 3.66. The summed E-state index contributed by atoms with van der Waals surface area (Å²) in [4.78, 5) is 12.1. The predicted molar refractivity (Wildman–Crippen MR) is 62.1 cm³/mol. The molecule has 1 aromatic heterocycles. The van der Waals surface area contributed by atoms with Gasteiger partial charge in [-0.05, 0) is 37.1 Å². The van der Waals surface area contributed by atoms with Gasteiger partial charge in [-0.2, -0.15) is 0 Å². The van der Waals surface area contributed by atoms with E-state index in [1.807, 2.05) is 25.1 Å². The zero-order chi connectivity index (χ0) is 12.0. The molecule has 0 unspecified atom stereocenters. The van der Waals surface area contributed by atoms with Crippen LogP contribution in [-0.2, 0) is 9.53 Å². The van der Waals surface area contributed by atoms with Crippen molar-refractivity contribution in [1.82, 2.24) is 0 Å². The fraction of sp³-hybridized carbons (Fsp3) is 0.357. The molecule has 3 rings (SSSR count). The number of carbonyl (C=O) groups is 1. The second-order valence-corrected chi connectivity index (χ2v) is 4.69. The van der Waals surface area contributed by atoms with Gasteiger partial charge in [0.1, 0.15) is 16.9 Å². The molecule has 0 radical (unpaired) electrons. The third-order valence-electron chi connectivity index (χ3n) is 3.76. The van der Waals surface area contributed by atoms with Crippen molar-refractivity contribution >= 4 is 5.78 Å². The van der Waals surface area contributed by atoms with Gasteiger partial charge in [-0.1, -0.05) is 6.58 Å². The average molecular weight is 230 g/mol. The number of rotatable bonds is 1. The Kier molecular flexibility index (Phi) is 2.05. The molecule has 2 heterocycles. The third-order valence-corrected chi connectivity index (χ3v) is 3.76. The summed E-state index contributed by atoms with van der Waals surface area (Å²) in [6.07, 6.45) is 4.58. The first kappa shape index (κ1) is 10.4. The van der Waals surface area contributed by atoms with Crippen molar-refractivity contribution in [3.05, 3.63) is 48.1 Å². The van der Waals surface area contributed by atoms with Crippen molar-refractivity contribution in [3.63, 3.8) is 0 Å². The summed E-state index contributed by atoms with van der Waals surface area (Å²) in [5.41, 5.74) is 0.124. The van der Waals surface area contributed by atoms with Crippen LogP contribution in [0.2, 0.25) is 0 Å². The molecule has 0 bridgehead atoms. The van der Waals surface area contributed by atoms with E-state index < -0.39 is 5.41 Å². The van der Waals surface area contributed by atoms with Gasteiger partial charge in [-0.15, -0.1) is 0 Å². The summed E-state index contributed by atoms with van der Waals surface area (Å²) in [7, 11) is 0. The van der Waals surface area contributed by atoms with E-state index in [2.05, 4.69) is 6.58 Å². The molecule has 0 N–H and O–H groups in total. The zero-order valence-corrected chi connectivity index (χ0v) is 9.73. The minimum atomic E-state index is -0.657. The number of carbonyl (C=O) groups excluding carboxylic acids is 1. The number of fused-ring (bicyclic) bond motifs is 1. The maximum absolute atomic E-state index is 12.1. The predicted octanol–water partition coefficient (Wildman–Crippen LogP) is 3.16. The largest absolute Gasteiger partial charge is 0.481 e. The third kappa shape index (κ3) is 1.25. The number of hydrogen-bond donors (Lipinski definition) is 0. The van der Waals surface area contributed by atoms with E-state index in [9.17, 15) is 4.79 Å². The highest BCUT2D eigenvalue weighted by molar-refractivity contribution is 5.92. The van der Waals surface area contributed by atoms with Crippen LogP contribution in [0.5, 0.6) is 0 Å². The van der Waals surface area contributed by atoms with Crippen LogP contribution < -0.4 is 0 Å². The Morgan fingerprint density at radius 3 is 3.00 bits per heavy atom. The minimum Gasteiger partial charge on any atom is -0.481 e. The topological polar surface area (TPSA) is 39.4 Å². The second kappa shape index (κ2) is 3.36. The molecule has 0 aromatic carbocycles. The van der Waals surface area contributed by atoms with Gasteiger partial charge in [0.2, 0.25) is 0 Å². The molecule has 1 saturated heterocycles. The zero-order valence-electron chi connectivity index (χ0n) is 9.73. The van der Waals surface area contributed by atoms with Gasteiger partial charge in [-0.25, -0.2) is 0 Å². The van der Waals surface area contributed by atoms with Gasteiger partial charge in [-0.3, -0.25) is 4.79 Å². The van der Waals surface area contributed by atoms with Crippen LogP contribution in [0.3, 0.4) is 0 Å². The van der Waals surface area contributed by atoms with Gasteiger partial charge >= 0.3 is 0 Å². The van der Waals surface area contributed by atoms with E-state index in [0.717, 1.165) is 17.8 Å². The first-order valence-corrected chi connectivity index (χ1v) is 5.77. The fourth-order valence-corrected chi connectivity index (χ4v) is 2.56. The summed E-state index contributed by atoms with van der Waals surface area (Å²) in [5, 5.41) is 0. The molecule has 1 aliphatic heterocycles. The van der Waals surface area contributed by atoms with E-state index in [1.165, 1.54) is 0 Å². The Bertz CT molecular complexity index is 510. The van der Waals surface area contributed by atoms with E-state index in [1.54, 1.807) is 6.26 Å². The van der Waals surface area contributed by atoms with Crippen LogP contribution in [0.4, 0.5) is 0 Å². The van der Waals surface area contributed by atoms with Crippen LogP contribution in [0, 0.1) is 5.41 Å². The van der Waals surface area contributed by atoms with Crippen molar-refractivity contribution in [3.8, 4) is 0 Å². The quantitative estimate of drug-likeness (QED) is 0.696. The van der Waals surface area contributed by atoms with Gasteiger partial charge in [0.15, 0.2) is 11.9 Å². The van der Waals surface area contributed by atoms with E-state index in [0.29, 0.717) is 12.2 Å². The maximum Gasteiger partial charge on any atom is 0.178 e. The Morgan fingerprint density at radius 1 is 1.53 bits per heavy atom. The van der Waals surface area contributed by atoms with E-state index in [4.69, 9.17) is 9.15 Å². The Balaban J connectivity index is 2.05. The second-order valence-electron chi connectivity index (χ2n) is 4.69. The monoisotopic (exact) mass is 230 g/mol. The molecule has 1 aromatic rings. The number of Topliss-reactive ketones (excluding diaryl/α,β-unsaturated/α-hetero) is 1. The van der Waals surface area contributed by atoms with Crippen molar-refractivity contribution in [2.24, 2.45) is 5.41 Å². The molecular formula is C14H14O3. The number of ether oxygens (including phenoxy) is 1. The normalized spacial score (nSPS) is 32.1. The lowest BCUT2D eigenvalue weighted by Gasteiger charge is -2.26. The van der Waals surface area contributed by atoms with Crippen molar-refractivity contribution < 1.29 is 13.9 Å². The molecule has 88 valence electrons. The lowest BCUT2D eigenvalue weighted by molar-refractivity contribution is -0.125. The fourth-order valence-electron chi connectivity index (χ4n) is 2.56. The smallest absolute Gasteiger partial charge is 0.178 e. The molecule has 0 amide bonds. The van der Waals surface area contributed by atoms with Crippen molar-refractivity contribution in [1.29, 1.82) is 0 Å². The Morgan fingerprint density at radius 2 is 2.35 bits per heavy atom. The van der Waals surface area contributed by atoms with Crippen LogP contribution in [-0.4, -0.2) is 5.78 Å². The summed E-state index contributed by atoms with van der Waals surface area (Å²) in [5.74, 6) is 1.63. The van der Waals surface area contributed by atoms with Gasteiger partial charge in [0.05, 0.1) is 6.26 Å². The first-order chi connectivity index (χ1) is 8.14. The molecule has 2 atom stereocenters. The number of allylic oxidation sites excluding steroid dienone is 2. The Labute approximate surface area is 99.8 Å². The molecule has 17 heavy (non-hydrogen) atoms. The summed E-state index contributed by atoms with van der Waals surface area (Å²) in [6.45, 7) is 5.95.